The Hall–Kier alpha value is -1.33. The van der Waals surface area contributed by atoms with Crippen LogP contribution in [0.1, 0.15) is 30.1 Å². The summed E-state index contributed by atoms with van der Waals surface area (Å²) in [6.45, 7) is 2.53. The van der Waals surface area contributed by atoms with Crippen LogP contribution in [0.3, 0.4) is 0 Å². The van der Waals surface area contributed by atoms with Gasteiger partial charge >= 0.3 is 5.97 Å². The van der Waals surface area contributed by atoms with Gasteiger partial charge in [0.15, 0.2) is 0 Å². The van der Waals surface area contributed by atoms with Crippen LogP contribution in [0.2, 0.25) is 10.3 Å². The van der Waals surface area contributed by atoms with Crippen LogP contribution in [0.25, 0.3) is 0 Å². The van der Waals surface area contributed by atoms with E-state index in [1.54, 1.807) is 6.92 Å². The molecule has 0 bridgehead atoms. The monoisotopic (exact) mass is 316 g/mol. The van der Waals surface area contributed by atoms with Crippen molar-refractivity contribution >= 4 is 35.1 Å². The zero-order valence-corrected chi connectivity index (χ0v) is 12.4. The molecule has 0 saturated carbocycles. The molecule has 1 unspecified atom stereocenters. The van der Waals surface area contributed by atoms with E-state index in [4.69, 9.17) is 27.9 Å². The number of hydrogen-bond donors (Lipinski definition) is 0. The molecular weight excluding hydrogens is 303 g/mol. The molecule has 1 aliphatic heterocycles. The van der Waals surface area contributed by atoms with Gasteiger partial charge in [-0.25, -0.2) is 9.78 Å². The molecule has 1 atom stereocenters. The lowest BCUT2D eigenvalue weighted by Crippen LogP contribution is -2.41. The lowest BCUT2D eigenvalue weighted by Gasteiger charge is -2.23. The fraction of sp³-hybridized carbons (Fsp3) is 0.462. The Morgan fingerprint density at radius 1 is 1.45 bits per heavy atom. The van der Waals surface area contributed by atoms with E-state index in [2.05, 4.69) is 4.98 Å². The first kappa shape index (κ1) is 15.1. The molecule has 0 aliphatic carbocycles. The van der Waals surface area contributed by atoms with Crippen molar-refractivity contribution in [1.29, 1.82) is 0 Å². The molecule has 1 aromatic heterocycles. The molecular formula is C13H14Cl2N2O3. The minimum absolute atomic E-state index is 0.0389. The number of likely N-dealkylation sites (tertiary alicyclic amines) is 1. The summed E-state index contributed by atoms with van der Waals surface area (Å²) in [5, 5.41) is 0.256. The first-order valence-electron chi connectivity index (χ1n) is 6.34. The number of hydrogen-bond acceptors (Lipinski definition) is 4. The van der Waals surface area contributed by atoms with Crippen LogP contribution < -0.4 is 0 Å². The van der Waals surface area contributed by atoms with Crippen LogP contribution in [0.4, 0.5) is 0 Å². The highest BCUT2D eigenvalue weighted by Crippen LogP contribution is 2.24. The lowest BCUT2D eigenvalue weighted by molar-refractivity contribution is -0.147. The van der Waals surface area contributed by atoms with E-state index in [0.29, 0.717) is 19.6 Å². The molecule has 1 fully saturated rings. The number of rotatable bonds is 3. The van der Waals surface area contributed by atoms with Gasteiger partial charge in [-0.05, 0) is 31.9 Å². The van der Waals surface area contributed by atoms with Gasteiger partial charge in [0, 0.05) is 6.54 Å². The van der Waals surface area contributed by atoms with E-state index in [1.165, 1.54) is 17.0 Å². The summed E-state index contributed by atoms with van der Waals surface area (Å²) in [6, 6.07) is 2.46. The predicted molar refractivity (Wildman–Crippen MR) is 74.9 cm³/mol. The highest BCUT2D eigenvalue weighted by atomic mass is 35.5. The molecule has 5 nitrogen and oxygen atoms in total. The van der Waals surface area contributed by atoms with Crippen LogP contribution >= 0.6 is 23.2 Å². The van der Waals surface area contributed by atoms with Crippen molar-refractivity contribution in [2.45, 2.75) is 25.8 Å². The molecule has 7 heteroatoms. The second-order valence-electron chi connectivity index (χ2n) is 4.38. The molecule has 0 aromatic carbocycles. The van der Waals surface area contributed by atoms with Crippen LogP contribution in [0.15, 0.2) is 12.1 Å². The van der Waals surface area contributed by atoms with Gasteiger partial charge in [-0.1, -0.05) is 23.2 Å². The Kier molecular flexibility index (Phi) is 4.83. The van der Waals surface area contributed by atoms with Gasteiger partial charge in [-0.3, -0.25) is 4.79 Å². The van der Waals surface area contributed by atoms with E-state index in [9.17, 15) is 9.59 Å². The molecule has 1 amide bonds. The topological polar surface area (TPSA) is 59.5 Å². The number of ether oxygens (including phenoxy) is 1. The molecule has 1 saturated heterocycles. The molecule has 0 radical (unpaired) electrons. The molecule has 1 aliphatic rings. The van der Waals surface area contributed by atoms with Crippen molar-refractivity contribution in [3.63, 3.8) is 0 Å². The number of amides is 1. The first-order chi connectivity index (χ1) is 9.54. The van der Waals surface area contributed by atoms with Gasteiger partial charge < -0.3 is 9.64 Å². The molecule has 2 rings (SSSR count). The Morgan fingerprint density at radius 3 is 2.85 bits per heavy atom. The number of carbonyl (C=O) groups excluding carboxylic acids is 2. The van der Waals surface area contributed by atoms with E-state index >= 15 is 0 Å². The van der Waals surface area contributed by atoms with Gasteiger partial charge in [0.05, 0.1) is 12.2 Å². The summed E-state index contributed by atoms with van der Waals surface area (Å²) >= 11 is 11.6. The van der Waals surface area contributed by atoms with Crippen molar-refractivity contribution in [3.05, 3.63) is 28.0 Å². The highest BCUT2D eigenvalue weighted by Gasteiger charge is 2.36. The summed E-state index contributed by atoms with van der Waals surface area (Å²) in [5.74, 6) is -0.703. The van der Waals surface area contributed by atoms with E-state index in [0.717, 1.165) is 6.42 Å². The molecule has 0 N–H and O–H groups in total. The van der Waals surface area contributed by atoms with E-state index in [-0.39, 0.29) is 27.7 Å². The van der Waals surface area contributed by atoms with Crippen LogP contribution in [-0.4, -0.2) is 41.0 Å². The third-order valence-electron chi connectivity index (χ3n) is 3.12. The third-order valence-corrected chi connectivity index (χ3v) is 3.62. The third kappa shape index (κ3) is 3.04. The number of esters is 1. The number of nitrogens with zero attached hydrogens (tertiary/aromatic N) is 2. The van der Waals surface area contributed by atoms with E-state index in [1.807, 2.05) is 0 Å². The van der Waals surface area contributed by atoms with Crippen LogP contribution in [-0.2, 0) is 9.53 Å². The summed E-state index contributed by atoms with van der Waals surface area (Å²) < 4.78 is 4.99. The number of halogens is 2. The minimum atomic E-state index is -0.547. The van der Waals surface area contributed by atoms with Crippen LogP contribution in [0, 0.1) is 0 Å². The SMILES string of the molecule is CCOC(=O)C1CCCN1C(=O)c1ccc(Cl)nc1Cl. The van der Waals surface area contributed by atoms with Gasteiger partial charge in [0.1, 0.15) is 16.3 Å². The molecule has 20 heavy (non-hydrogen) atoms. The average Bonchev–Trinajstić information content (AvgIpc) is 2.87. The summed E-state index contributed by atoms with van der Waals surface area (Å²) in [7, 11) is 0. The maximum atomic E-state index is 12.4. The zero-order chi connectivity index (χ0) is 14.7. The Morgan fingerprint density at radius 2 is 2.20 bits per heavy atom. The largest absolute Gasteiger partial charge is 0.464 e. The number of carbonyl (C=O) groups is 2. The fourth-order valence-corrected chi connectivity index (χ4v) is 2.65. The summed E-state index contributed by atoms with van der Waals surface area (Å²) in [4.78, 5) is 29.6. The highest BCUT2D eigenvalue weighted by molar-refractivity contribution is 6.34. The van der Waals surface area contributed by atoms with Crippen molar-refractivity contribution in [2.75, 3.05) is 13.2 Å². The average molecular weight is 317 g/mol. The Labute approximate surface area is 126 Å². The van der Waals surface area contributed by atoms with Crippen LogP contribution in [0.5, 0.6) is 0 Å². The van der Waals surface area contributed by atoms with Gasteiger partial charge in [-0.2, -0.15) is 0 Å². The van der Waals surface area contributed by atoms with Gasteiger partial charge in [0.25, 0.3) is 5.91 Å². The molecule has 108 valence electrons. The molecule has 0 spiro atoms. The van der Waals surface area contributed by atoms with E-state index < -0.39 is 6.04 Å². The number of aromatic nitrogens is 1. The zero-order valence-electron chi connectivity index (χ0n) is 10.9. The van der Waals surface area contributed by atoms with Gasteiger partial charge in [-0.15, -0.1) is 0 Å². The quantitative estimate of drug-likeness (QED) is 0.635. The Bertz CT molecular complexity index is 536. The number of pyridine rings is 1. The maximum absolute atomic E-state index is 12.4. The minimum Gasteiger partial charge on any atom is -0.464 e. The predicted octanol–water partition coefficient (Wildman–Crippen LogP) is 2.56. The first-order valence-corrected chi connectivity index (χ1v) is 7.09. The standard InChI is InChI=1S/C13H14Cl2N2O3/c1-2-20-13(19)9-4-3-7-17(9)12(18)8-5-6-10(14)16-11(8)15/h5-6,9H,2-4,7H2,1H3. The van der Waals surface area contributed by atoms with Crippen molar-refractivity contribution in [1.82, 2.24) is 9.88 Å². The van der Waals surface area contributed by atoms with Crippen molar-refractivity contribution in [2.24, 2.45) is 0 Å². The Balaban J connectivity index is 2.21. The summed E-state index contributed by atoms with van der Waals surface area (Å²) in [5.41, 5.74) is 0.243. The second-order valence-corrected chi connectivity index (χ2v) is 5.13. The fourth-order valence-electron chi connectivity index (χ4n) is 2.22. The second kappa shape index (κ2) is 6.41. The normalized spacial score (nSPS) is 18.1. The van der Waals surface area contributed by atoms with Crippen molar-refractivity contribution < 1.29 is 14.3 Å². The molecule has 2 heterocycles. The smallest absolute Gasteiger partial charge is 0.328 e. The van der Waals surface area contributed by atoms with Crippen molar-refractivity contribution in [3.8, 4) is 0 Å². The summed E-state index contributed by atoms with van der Waals surface area (Å²) in [6.07, 6.45) is 1.36. The lowest BCUT2D eigenvalue weighted by atomic mass is 10.2. The molecule has 1 aromatic rings. The maximum Gasteiger partial charge on any atom is 0.328 e. The van der Waals surface area contributed by atoms with Gasteiger partial charge in [0.2, 0.25) is 0 Å².